The third-order valence-corrected chi connectivity index (χ3v) is 4.49. The van der Waals surface area contributed by atoms with Crippen molar-refractivity contribution in [3.8, 4) is 11.5 Å². The Kier molecular flexibility index (Phi) is 3.44. The third kappa shape index (κ3) is 2.11. The molecule has 1 aromatic carbocycles. The highest BCUT2D eigenvalue weighted by atomic mass is 32.1. The zero-order chi connectivity index (χ0) is 13.2. The van der Waals surface area contributed by atoms with Crippen molar-refractivity contribution in [1.29, 1.82) is 0 Å². The first-order chi connectivity index (χ1) is 9.35. The van der Waals surface area contributed by atoms with E-state index in [4.69, 9.17) is 9.47 Å². The summed E-state index contributed by atoms with van der Waals surface area (Å²) in [5.41, 5.74) is 2.48. The van der Waals surface area contributed by atoms with E-state index in [2.05, 4.69) is 22.8 Å². The largest absolute Gasteiger partial charge is 0.496 e. The quantitative estimate of drug-likeness (QED) is 0.934. The van der Waals surface area contributed by atoms with Gasteiger partial charge < -0.3 is 14.8 Å². The Bertz CT molecular complexity index is 566. The lowest BCUT2D eigenvalue weighted by Gasteiger charge is -2.29. The molecular formula is C15H17NO2S. The van der Waals surface area contributed by atoms with Crippen LogP contribution in [0.3, 0.4) is 0 Å². The van der Waals surface area contributed by atoms with Gasteiger partial charge in [0.2, 0.25) is 0 Å². The van der Waals surface area contributed by atoms with E-state index in [1.54, 1.807) is 25.6 Å². The number of ether oxygens (including phenoxy) is 2. The summed E-state index contributed by atoms with van der Waals surface area (Å²) >= 11 is 1.77. The van der Waals surface area contributed by atoms with Gasteiger partial charge in [-0.25, -0.2) is 0 Å². The minimum absolute atomic E-state index is 0.203. The molecule has 0 saturated heterocycles. The van der Waals surface area contributed by atoms with Gasteiger partial charge in [-0.1, -0.05) is 6.07 Å². The number of nitrogens with one attached hydrogen (secondary N) is 1. The Hall–Kier alpha value is -1.52. The summed E-state index contributed by atoms with van der Waals surface area (Å²) in [6.07, 6.45) is 0.970. The Labute approximate surface area is 117 Å². The lowest BCUT2D eigenvalue weighted by molar-refractivity contribution is 0.383. The molecule has 2 aromatic rings. The molecule has 0 spiro atoms. The monoisotopic (exact) mass is 275 g/mol. The molecule has 2 heterocycles. The van der Waals surface area contributed by atoms with Gasteiger partial charge in [0.25, 0.3) is 0 Å². The molecule has 0 bridgehead atoms. The molecule has 19 heavy (non-hydrogen) atoms. The fraction of sp³-hybridized carbons (Fsp3) is 0.333. The van der Waals surface area contributed by atoms with Crippen LogP contribution in [0.5, 0.6) is 11.5 Å². The number of fused-ring (bicyclic) bond motifs is 1. The molecule has 0 radical (unpaired) electrons. The smallest absolute Gasteiger partial charge is 0.124 e. The fourth-order valence-corrected chi connectivity index (χ4v) is 3.52. The predicted octanol–water partition coefficient (Wildman–Crippen LogP) is 3.00. The average molecular weight is 275 g/mol. The zero-order valence-corrected chi connectivity index (χ0v) is 11.9. The first-order valence-electron chi connectivity index (χ1n) is 6.35. The van der Waals surface area contributed by atoms with Gasteiger partial charge >= 0.3 is 0 Å². The van der Waals surface area contributed by atoms with E-state index in [1.807, 2.05) is 12.1 Å². The minimum Gasteiger partial charge on any atom is -0.496 e. The van der Waals surface area contributed by atoms with E-state index in [9.17, 15) is 0 Å². The van der Waals surface area contributed by atoms with E-state index >= 15 is 0 Å². The fourth-order valence-electron chi connectivity index (χ4n) is 2.71. The van der Waals surface area contributed by atoms with Crippen LogP contribution in [0.1, 0.15) is 22.0 Å². The topological polar surface area (TPSA) is 30.5 Å². The van der Waals surface area contributed by atoms with Crippen molar-refractivity contribution < 1.29 is 9.47 Å². The molecule has 0 amide bonds. The summed E-state index contributed by atoms with van der Waals surface area (Å²) in [7, 11) is 3.45. The summed E-state index contributed by atoms with van der Waals surface area (Å²) in [4.78, 5) is 1.31. The van der Waals surface area contributed by atoms with Crippen LogP contribution in [0.25, 0.3) is 0 Å². The van der Waals surface area contributed by atoms with Gasteiger partial charge in [0.1, 0.15) is 11.5 Å². The Morgan fingerprint density at radius 2 is 1.95 bits per heavy atom. The van der Waals surface area contributed by atoms with Gasteiger partial charge in [-0.3, -0.25) is 0 Å². The number of thiophene rings is 1. The van der Waals surface area contributed by atoms with Crippen molar-refractivity contribution in [2.75, 3.05) is 20.8 Å². The summed E-state index contributed by atoms with van der Waals surface area (Å²) in [5.74, 6) is 1.89. The van der Waals surface area contributed by atoms with Crippen molar-refractivity contribution in [1.82, 2.24) is 5.32 Å². The summed E-state index contributed by atoms with van der Waals surface area (Å²) in [6.45, 7) is 0.957. The van der Waals surface area contributed by atoms with Gasteiger partial charge in [-0.15, -0.1) is 11.3 Å². The SMILES string of the molecule is COc1ccc(OC)c2c1CCNC2c1cccs1. The van der Waals surface area contributed by atoms with Crippen molar-refractivity contribution in [3.05, 3.63) is 45.6 Å². The van der Waals surface area contributed by atoms with E-state index in [-0.39, 0.29) is 6.04 Å². The summed E-state index contributed by atoms with van der Waals surface area (Å²) in [6, 6.07) is 8.44. The third-order valence-electron chi connectivity index (χ3n) is 3.55. The first-order valence-corrected chi connectivity index (χ1v) is 7.23. The maximum Gasteiger partial charge on any atom is 0.124 e. The van der Waals surface area contributed by atoms with Gasteiger partial charge in [0.05, 0.1) is 20.3 Å². The number of methoxy groups -OCH3 is 2. The van der Waals surface area contributed by atoms with Crippen LogP contribution in [-0.4, -0.2) is 20.8 Å². The highest BCUT2D eigenvalue weighted by Gasteiger charge is 2.28. The maximum atomic E-state index is 5.55. The van der Waals surface area contributed by atoms with Crippen molar-refractivity contribution in [2.45, 2.75) is 12.5 Å². The number of hydrogen-bond donors (Lipinski definition) is 1. The second-order valence-electron chi connectivity index (χ2n) is 4.51. The van der Waals surface area contributed by atoms with Crippen molar-refractivity contribution >= 4 is 11.3 Å². The molecule has 1 aliphatic heterocycles. The van der Waals surface area contributed by atoms with E-state index in [0.29, 0.717) is 0 Å². The van der Waals surface area contributed by atoms with E-state index in [1.165, 1.54) is 16.0 Å². The van der Waals surface area contributed by atoms with Gasteiger partial charge in [-0.05, 0) is 30.0 Å². The Morgan fingerprint density at radius 1 is 1.16 bits per heavy atom. The first kappa shape index (κ1) is 12.5. The van der Waals surface area contributed by atoms with Crippen LogP contribution in [0.15, 0.2) is 29.6 Å². The second-order valence-corrected chi connectivity index (χ2v) is 5.49. The second kappa shape index (κ2) is 5.23. The molecule has 1 aromatic heterocycles. The highest BCUT2D eigenvalue weighted by Crippen LogP contribution is 2.41. The average Bonchev–Trinajstić information content (AvgIpc) is 2.99. The Balaban J connectivity index is 2.16. The molecule has 4 heteroatoms. The molecule has 1 unspecified atom stereocenters. The number of benzene rings is 1. The predicted molar refractivity (Wildman–Crippen MR) is 77.4 cm³/mol. The van der Waals surface area contributed by atoms with Crippen LogP contribution in [0.4, 0.5) is 0 Å². The van der Waals surface area contributed by atoms with E-state index < -0.39 is 0 Å². The minimum atomic E-state index is 0.203. The molecule has 1 aliphatic rings. The molecule has 3 nitrogen and oxygen atoms in total. The van der Waals surface area contributed by atoms with Crippen LogP contribution in [0, 0.1) is 0 Å². The molecular weight excluding hydrogens is 258 g/mol. The molecule has 0 saturated carbocycles. The van der Waals surface area contributed by atoms with Crippen molar-refractivity contribution in [3.63, 3.8) is 0 Å². The molecule has 1 N–H and O–H groups in total. The van der Waals surface area contributed by atoms with Crippen molar-refractivity contribution in [2.24, 2.45) is 0 Å². The van der Waals surface area contributed by atoms with Crippen LogP contribution < -0.4 is 14.8 Å². The number of hydrogen-bond acceptors (Lipinski definition) is 4. The van der Waals surface area contributed by atoms with Gasteiger partial charge in [0.15, 0.2) is 0 Å². The molecule has 3 rings (SSSR count). The van der Waals surface area contributed by atoms with Crippen LogP contribution >= 0.6 is 11.3 Å². The lowest BCUT2D eigenvalue weighted by atomic mass is 9.91. The van der Waals surface area contributed by atoms with Crippen LogP contribution in [0.2, 0.25) is 0 Å². The molecule has 100 valence electrons. The standard InChI is InChI=1S/C15H17NO2S/c1-17-11-5-6-12(18-2)14-10(11)7-8-16-15(14)13-4-3-9-19-13/h3-6,9,15-16H,7-8H2,1-2H3. The lowest BCUT2D eigenvalue weighted by Crippen LogP contribution is -2.30. The normalized spacial score (nSPS) is 17.9. The van der Waals surface area contributed by atoms with Crippen LogP contribution in [-0.2, 0) is 6.42 Å². The zero-order valence-electron chi connectivity index (χ0n) is 11.1. The molecule has 0 fully saturated rings. The van der Waals surface area contributed by atoms with Gasteiger partial charge in [-0.2, -0.15) is 0 Å². The highest BCUT2D eigenvalue weighted by molar-refractivity contribution is 7.10. The molecule has 1 atom stereocenters. The van der Waals surface area contributed by atoms with E-state index in [0.717, 1.165) is 24.5 Å². The Morgan fingerprint density at radius 3 is 2.63 bits per heavy atom. The number of rotatable bonds is 3. The van der Waals surface area contributed by atoms with Gasteiger partial charge in [0, 0.05) is 22.5 Å². The maximum absolute atomic E-state index is 5.55. The summed E-state index contributed by atoms with van der Waals surface area (Å²) < 4.78 is 11.0. The summed E-state index contributed by atoms with van der Waals surface area (Å²) in [5, 5.41) is 5.69. The molecule has 0 aliphatic carbocycles.